The summed E-state index contributed by atoms with van der Waals surface area (Å²) in [6, 6.07) is 4.84. The molecule has 0 saturated carbocycles. The van der Waals surface area contributed by atoms with E-state index in [0.29, 0.717) is 30.8 Å². The lowest BCUT2D eigenvalue weighted by atomic mass is 10.1. The van der Waals surface area contributed by atoms with E-state index >= 15 is 0 Å². The summed E-state index contributed by atoms with van der Waals surface area (Å²) >= 11 is 0. The van der Waals surface area contributed by atoms with Crippen LogP contribution in [0, 0.1) is 6.92 Å². The van der Waals surface area contributed by atoms with Gasteiger partial charge in [-0.2, -0.15) is 0 Å². The van der Waals surface area contributed by atoms with Gasteiger partial charge in [0.2, 0.25) is 5.91 Å². The van der Waals surface area contributed by atoms with Crippen molar-refractivity contribution in [3.63, 3.8) is 0 Å². The number of benzene rings is 1. The van der Waals surface area contributed by atoms with Crippen molar-refractivity contribution >= 4 is 23.5 Å². The topological polar surface area (TPSA) is 87.2 Å². The van der Waals surface area contributed by atoms with Crippen LogP contribution < -0.4 is 9.64 Å². The van der Waals surface area contributed by atoms with Gasteiger partial charge in [0.05, 0.1) is 5.69 Å². The van der Waals surface area contributed by atoms with Crippen molar-refractivity contribution in [3.8, 4) is 5.75 Å². The SMILES string of the molecule is Cc1ccc2c(c1)N(CCC(=O)N1CCCC1C(=O)O)C(=O)C(C)O2. The van der Waals surface area contributed by atoms with Gasteiger partial charge >= 0.3 is 5.97 Å². The minimum Gasteiger partial charge on any atom is -0.480 e. The Kier molecular flexibility index (Phi) is 4.65. The molecule has 2 atom stereocenters. The van der Waals surface area contributed by atoms with Gasteiger partial charge < -0.3 is 19.6 Å². The Morgan fingerprint density at radius 2 is 2.12 bits per heavy atom. The van der Waals surface area contributed by atoms with Crippen LogP contribution in [0.3, 0.4) is 0 Å². The summed E-state index contributed by atoms with van der Waals surface area (Å²) in [6.45, 7) is 4.28. The maximum Gasteiger partial charge on any atom is 0.326 e. The first kappa shape index (κ1) is 17.3. The van der Waals surface area contributed by atoms with E-state index in [9.17, 15) is 19.5 Å². The summed E-state index contributed by atoms with van der Waals surface area (Å²) in [5.41, 5.74) is 1.65. The molecule has 2 aliphatic heterocycles. The summed E-state index contributed by atoms with van der Waals surface area (Å²) in [4.78, 5) is 39.2. The largest absolute Gasteiger partial charge is 0.480 e. The number of ether oxygens (including phenoxy) is 1. The summed E-state index contributed by atoms with van der Waals surface area (Å²) in [5, 5.41) is 9.21. The minimum atomic E-state index is -0.970. The van der Waals surface area contributed by atoms with Crippen LogP contribution in [0.1, 0.15) is 31.7 Å². The van der Waals surface area contributed by atoms with Gasteiger partial charge in [0.1, 0.15) is 11.8 Å². The third-order valence-corrected chi connectivity index (χ3v) is 4.73. The van der Waals surface area contributed by atoms with Crippen LogP contribution in [0.5, 0.6) is 5.75 Å². The molecule has 0 spiro atoms. The normalized spacial score (nSPS) is 22.6. The number of carboxylic acids is 1. The second-order valence-electron chi connectivity index (χ2n) is 6.55. The lowest BCUT2D eigenvalue weighted by molar-refractivity contribution is -0.148. The number of likely N-dealkylation sites (tertiary alicyclic amines) is 1. The number of nitrogens with zero attached hydrogens (tertiary/aromatic N) is 2. The number of fused-ring (bicyclic) bond motifs is 1. The number of hydrogen-bond donors (Lipinski definition) is 1. The fourth-order valence-corrected chi connectivity index (χ4v) is 3.42. The molecule has 0 bridgehead atoms. The quantitative estimate of drug-likeness (QED) is 0.894. The molecule has 1 N–H and O–H groups in total. The van der Waals surface area contributed by atoms with Crippen LogP contribution >= 0.6 is 0 Å². The Hall–Kier alpha value is -2.57. The van der Waals surface area contributed by atoms with Gasteiger partial charge in [0, 0.05) is 19.5 Å². The minimum absolute atomic E-state index is 0.0929. The maximum atomic E-state index is 12.5. The van der Waals surface area contributed by atoms with E-state index in [0.717, 1.165) is 5.56 Å². The zero-order valence-corrected chi connectivity index (χ0v) is 14.4. The first-order valence-electron chi connectivity index (χ1n) is 8.49. The highest BCUT2D eigenvalue weighted by molar-refractivity contribution is 6.00. The van der Waals surface area contributed by atoms with E-state index in [1.54, 1.807) is 11.8 Å². The molecule has 1 fully saturated rings. The monoisotopic (exact) mass is 346 g/mol. The lowest BCUT2D eigenvalue weighted by Crippen LogP contribution is -2.47. The average molecular weight is 346 g/mol. The molecule has 0 aromatic heterocycles. The second kappa shape index (κ2) is 6.74. The van der Waals surface area contributed by atoms with Gasteiger partial charge in [0.25, 0.3) is 5.91 Å². The van der Waals surface area contributed by atoms with Crippen molar-refractivity contribution < 1.29 is 24.2 Å². The van der Waals surface area contributed by atoms with Gasteiger partial charge in [-0.3, -0.25) is 9.59 Å². The highest BCUT2D eigenvalue weighted by atomic mass is 16.5. The molecule has 2 heterocycles. The van der Waals surface area contributed by atoms with Crippen LogP contribution in [0.25, 0.3) is 0 Å². The number of hydrogen-bond acceptors (Lipinski definition) is 4. The molecule has 2 aliphatic rings. The summed E-state index contributed by atoms with van der Waals surface area (Å²) in [6.07, 6.45) is 0.661. The van der Waals surface area contributed by atoms with E-state index in [4.69, 9.17) is 4.74 Å². The van der Waals surface area contributed by atoms with Gasteiger partial charge in [-0.25, -0.2) is 4.79 Å². The number of aliphatic carboxylic acids is 1. The predicted molar refractivity (Wildman–Crippen MR) is 90.6 cm³/mol. The molecule has 25 heavy (non-hydrogen) atoms. The standard InChI is InChI=1S/C18H22N2O5/c1-11-5-6-15-14(10-11)20(17(22)12(2)25-15)9-7-16(21)19-8-3-4-13(19)18(23)24/h5-6,10,12-13H,3-4,7-9H2,1-2H3,(H,23,24). The van der Waals surface area contributed by atoms with E-state index in [-0.39, 0.29) is 24.8 Å². The summed E-state index contributed by atoms with van der Waals surface area (Å²) in [5.74, 6) is -0.772. The molecule has 7 nitrogen and oxygen atoms in total. The van der Waals surface area contributed by atoms with E-state index < -0.39 is 18.1 Å². The van der Waals surface area contributed by atoms with Crippen LogP contribution in [0.15, 0.2) is 18.2 Å². The van der Waals surface area contributed by atoms with Crippen molar-refractivity contribution in [2.75, 3.05) is 18.0 Å². The number of anilines is 1. The molecular weight excluding hydrogens is 324 g/mol. The lowest BCUT2D eigenvalue weighted by Gasteiger charge is -2.33. The third kappa shape index (κ3) is 3.31. The Bertz CT molecular complexity index is 717. The van der Waals surface area contributed by atoms with Crippen LogP contribution in [0.2, 0.25) is 0 Å². The number of rotatable bonds is 4. The summed E-state index contributed by atoms with van der Waals surface area (Å²) < 4.78 is 5.62. The molecule has 0 radical (unpaired) electrons. The number of aryl methyl sites for hydroxylation is 1. The van der Waals surface area contributed by atoms with Gasteiger partial charge in [-0.1, -0.05) is 6.07 Å². The van der Waals surface area contributed by atoms with E-state index in [2.05, 4.69) is 0 Å². The van der Waals surface area contributed by atoms with Crippen molar-refractivity contribution in [2.45, 2.75) is 45.3 Å². The number of amides is 2. The molecule has 3 rings (SSSR count). The van der Waals surface area contributed by atoms with E-state index in [1.165, 1.54) is 4.90 Å². The smallest absolute Gasteiger partial charge is 0.326 e. The van der Waals surface area contributed by atoms with Crippen LogP contribution in [-0.4, -0.2) is 53.0 Å². The first-order chi connectivity index (χ1) is 11.9. The highest BCUT2D eigenvalue weighted by Gasteiger charge is 2.35. The number of carbonyl (C=O) groups excluding carboxylic acids is 2. The molecule has 1 saturated heterocycles. The molecule has 0 aliphatic carbocycles. The Morgan fingerprint density at radius 3 is 2.84 bits per heavy atom. The van der Waals surface area contributed by atoms with Crippen molar-refractivity contribution in [2.24, 2.45) is 0 Å². The Labute approximate surface area is 146 Å². The molecule has 134 valence electrons. The van der Waals surface area contributed by atoms with Crippen molar-refractivity contribution in [1.82, 2.24) is 4.90 Å². The maximum absolute atomic E-state index is 12.5. The summed E-state index contributed by atoms with van der Waals surface area (Å²) in [7, 11) is 0. The molecule has 1 aromatic carbocycles. The molecular formula is C18H22N2O5. The first-order valence-corrected chi connectivity index (χ1v) is 8.49. The third-order valence-electron chi connectivity index (χ3n) is 4.73. The highest BCUT2D eigenvalue weighted by Crippen LogP contribution is 2.35. The van der Waals surface area contributed by atoms with Gasteiger partial charge in [-0.05, 0) is 44.4 Å². The molecule has 1 aromatic rings. The zero-order chi connectivity index (χ0) is 18.1. The second-order valence-corrected chi connectivity index (χ2v) is 6.55. The van der Waals surface area contributed by atoms with E-state index in [1.807, 2.05) is 25.1 Å². The number of carboxylic acid groups (broad SMARTS) is 1. The Balaban J connectivity index is 1.74. The van der Waals surface area contributed by atoms with Gasteiger partial charge in [-0.15, -0.1) is 0 Å². The zero-order valence-electron chi connectivity index (χ0n) is 14.4. The fraction of sp³-hybridized carbons (Fsp3) is 0.500. The fourth-order valence-electron chi connectivity index (χ4n) is 3.42. The van der Waals surface area contributed by atoms with Crippen molar-refractivity contribution in [3.05, 3.63) is 23.8 Å². The predicted octanol–water partition coefficient (Wildman–Crippen LogP) is 1.57. The molecule has 2 unspecified atom stereocenters. The molecule has 7 heteroatoms. The van der Waals surface area contributed by atoms with Crippen LogP contribution in [0.4, 0.5) is 5.69 Å². The van der Waals surface area contributed by atoms with Crippen molar-refractivity contribution in [1.29, 1.82) is 0 Å². The molecule has 2 amide bonds. The van der Waals surface area contributed by atoms with Crippen LogP contribution in [-0.2, 0) is 14.4 Å². The number of carbonyl (C=O) groups is 3. The average Bonchev–Trinajstić information content (AvgIpc) is 3.06. The Morgan fingerprint density at radius 1 is 1.36 bits per heavy atom. The van der Waals surface area contributed by atoms with Gasteiger partial charge in [0.15, 0.2) is 6.10 Å².